The molecule has 1 heterocycles. The number of nitrogens with one attached hydrogen (secondary N) is 1. The van der Waals surface area contributed by atoms with Crippen LogP contribution in [0.15, 0.2) is 48.5 Å². The van der Waals surface area contributed by atoms with Gasteiger partial charge in [-0.15, -0.1) is 0 Å². The van der Waals surface area contributed by atoms with Crippen molar-refractivity contribution in [1.82, 2.24) is 4.57 Å². The third-order valence-corrected chi connectivity index (χ3v) is 5.04. The Balaban J connectivity index is 1.78. The average molecular weight is 422 g/mol. The van der Waals surface area contributed by atoms with Gasteiger partial charge in [0.15, 0.2) is 6.61 Å². The van der Waals surface area contributed by atoms with Crippen molar-refractivity contribution in [1.29, 1.82) is 0 Å². The van der Waals surface area contributed by atoms with Crippen molar-refractivity contribution in [3.05, 3.63) is 71.0 Å². The Bertz CT molecular complexity index is 1100. The summed E-state index contributed by atoms with van der Waals surface area (Å²) in [5, 5.41) is 2.96. The maximum Gasteiger partial charge on any atom is 0.343 e. The number of benzene rings is 2. The van der Waals surface area contributed by atoms with Crippen molar-refractivity contribution in [2.75, 3.05) is 26.1 Å². The quantitative estimate of drug-likeness (QED) is 0.577. The number of methoxy groups -OCH3 is 2. The van der Waals surface area contributed by atoms with Crippen molar-refractivity contribution in [3.8, 4) is 17.2 Å². The fourth-order valence-corrected chi connectivity index (χ4v) is 3.38. The number of aryl methyl sites for hydroxylation is 2. The van der Waals surface area contributed by atoms with E-state index < -0.39 is 5.97 Å². The third-order valence-electron chi connectivity index (χ3n) is 5.04. The molecule has 31 heavy (non-hydrogen) atoms. The summed E-state index contributed by atoms with van der Waals surface area (Å²) in [6, 6.07) is 14.8. The molecule has 0 aliphatic carbocycles. The molecule has 1 N–H and O–H groups in total. The van der Waals surface area contributed by atoms with Gasteiger partial charge in [-0.3, -0.25) is 4.79 Å². The van der Waals surface area contributed by atoms with Crippen LogP contribution in [0.25, 0.3) is 5.69 Å². The highest BCUT2D eigenvalue weighted by Crippen LogP contribution is 2.25. The van der Waals surface area contributed by atoms with E-state index in [0.29, 0.717) is 17.0 Å². The Labute approximate surface area is 181 Å². The Morgan fingerprint density at radius 3 is 2.23 bits per heavy atom. The molecule has 7 nitrogen and oxygen atoms in total. The van der Waals surface area contributed by atoms with Crippen LogP contribution < -0.4 is 14.8 Å². The molecule has 3 rings (SSSR count). The normalized spacial score (nSPS) is 10.5. The molecule has 1 aromatic heterocycles. The number of nitrogens with zero attached hydrogens (tertiary/aromatic N) is 1. The predicted molar refractivity (Wildman–Crippen MR) is 118 cm³/mol. The van der Waals surface area contributed by atoms with Gasteiger partial charge in [0.2, 0.25) is 0 Å². The van der Waals surface area contributed by atoms with Crippen LogP contribution in [0.2, 0.25) is 0 Å². The molecule has 2 aromatic carbocycles. The number of carbonyl (C=O) groups excluding carboxylic acids is 2. The Morgan fingerprint density at radius 1 is 0.935 bits per heavy atom. The van der Waals surface area contributed by atoms with Gasteiger partial charge in [0.05, 0.1) is 19.8 Å². The monoisotopic (exact) mass is 422 g/mol. The SMILES string of the molecule is COC(=O)COc1ccc(NC(=O)c2cc(C)n(-c3ccc(OC)cc3)c2C)c(C)c1. The van der Waals surface area contributed by atoms with E-state index in [4.69, 9.17) is 9.47 Å². The van der Waals surface area contributed by atoms with Crippen LogP contribution in [0, 0.1) is 20.8 Å². The molecule has 0 atom stereocenters. The van der Waals surface area contributed by atoms with Gasteiger partial charge in [0.1, 0.15) is 11.5 Å². The number of carbonyl (C=O) groups is 2. The molecule has 0 saturated carbocycles. The second-order valence-corrected chi connectivity index (χ2v) is 7.11. The minimum absolute atomic E-state index is 0.168. The molecule has 0 radical (unpaired) electrons. The molecule has 0 saturated heterocycles. The summed E-state index contributed by atoms with van der Waals surface area (Å²) in [5.41, 5.74) is 4.84. The van der Waals surface area contributed by atoms with Crippen LogP contribution in [0.4, 0.5) is 5.69 Å². The van der Waals surface area contributed by atoms with Gasteiger partial charge >= 0.3 is 5.97 Å². The van der Waals surface area contributed by atoms with Crippen LogP contribution >= 0.6 is 0 Å². The van der Waals surface area contributed by atoms with Crippen molar-refractivity contribution in [2.45, 2.75) is 20.8 Å². The molecule has 0 spiro atoms. The number of esters is 1. The second kappa shape index (κ2) is 9.38. The summed E-state index contributed by atoms with van der Waals surface area (Å²) < 4.78 is 17.2. The van der Waals surface area contributed by atoms with Crippen LogP contribution in [0.5, 0.6) is 11.5 Å². The number of aromatic nitrogens is 1. The zero-order valence-corrected chi connectivity index (χ0v) is 18.3. The van der Waals surface area contributed by atoms with Crippen LogP contribution in [0.3, 0.4) is 0 Å². The van der Waals surface area contributed by atoms with Crippen molar-refractivity contribution in [2.24, 2.45) is 0 Å². The third kappa shape index (κ3) is 4.88. The molecular weight excluding hydrogens is 396 g/mol. The van der Waals surface area contributed by atoms with Gasteiger partial charge in [0, 0.05) is 22.8 Å². The topological polar surface area (TPSA) is 78.8 Å². The number of amides is 1. The van der Waals surface area contributed by atoms with Crippen molar-refractivity contribution >= 4 is 17.6 Å². The molecular formula is C24H26N2O5. The smallest absolute Gasteiger partial charge is 0.343 e. The van der Waals surface area contributed by atoms with Gasteiger partial charge in [-0.2, -0.15) is 0 Å². The standard InChI is InChI=1S/C24H26N2O5/c1-15-12-20(31-14-23(27)30-5)10-11-22(15)25-24(28)21-13-16(2)26(17(21)3)18-6-8-19(29-4)9-7-18/h6-13H,14H2,1-5H3,(H,25,28). The lowest BCUT2D eigenvalue weighted by atomic mass is 10.1. The second-order valence-electron chi connectivity index (χ2n) is 7.11. The summed E-state index contributed by atoms with van der Waals surface area (Å²) in [4.78, 5) is 24.2. The zero-order chi connectivity index (χ0) is 22.5. The van der Waals surface area contributed by atoms with Gasteiger partial charge in [-0.25, -0.2) is 4.79 Å². The molecule has 0 fully saturated rings. The fourth-order valence-electron chi connectivity index (χ4n) is 3.38. The maximum atomic E-state index is 13.0. The number of ether oxygens (including phenoxy) is 3. The van der Waals surface area contributed by atoms with E-state index in [-0.39, 0.29) is 12.5 Å². The first kappa shape index (κ1) is 22.0. The van der Waals surface area contributed by atoms with E-state index in [1.165, 1.54) is 7.11 Å². The molecule has 7 heteroatoms. The van der Waals surface area contributed by atoms with Gasteiger partial charge in [-0.05, 0) is 74.9 Å². The lowest BCUT2D eigenvalue weighted by Gasteiger charge is -2.12. The molecule has 0 bridgehead atoms. The lowest BCUT2D eigenvalue weighted by molar-refractivity contribution is -0.142. The first-order chi connectivity index (χ1) is 14.8. The van der Waals surface area contributed by atoms with E-state index in [9.17, 15) is 9.59 Å². The summed E-state index contributed by atoms with van der Waals surface area (Å²) in [5.74, 6) is 0.652. The summed E-state index contributed by atoms with van der Waals surface area (Å²) >= 11 is 0. The first-order valence-electron chi connectivity index (χ1n) is 9.79. The van der Waals surface area contributed by atoms with Crippen molar-refractivity contribution < 1.29 is 23.8 Å². The van der Waals surface area contributed by atoms with Gasteiger partial charge < -0.3 is 24.1 Å². The van der Waals surface area contributed by atoms with Crippen LogP contribution in [0.1, 0.15) is 27.3 Å². The Morgan fingerprint density at radius 2 is 1.61 bits per heavy atom. The van der Waals surface area contributed by atoms with E-state index in [2.05, 4.69) is 10.1 Å². The average Bonchev–Trinajstić information content (AvgIpc) is 3.07. The molecule has 0 aliphatic heterocycles. The summed E-state index contributed by atoms with van der Waals surface area (Å²) in [7, 11) is 2.94. The maximum absolute atomic E-state index is 13.0. The molecule has 0 aliphatic rings. The molecule has 0 unspecified atom stereocenters. The Kier molecular flexibility index (Phi) is 6.65. The van der Waals surface area contributed by atoms with Gasteiger partial charge in [0.25, 0.3) is 5.91 Å². The first-order valence-corrected chi connectivity index (χ1v) is 9.79. The minimum Gasteiger partial charge on any atom is -0.497 e. The highest BCUT2D eigenvalue weighted by Gasteiger charge is 2.18. The van der Waals surface area contributed by atoms with E-state index in [1.807, 2.05) is 55.7 Å². The Hall–Kier alpha value is -3.74. The highest BCUT2D eigenvalue weighted by molar-refractivity contribution is 6.05. The fraction of sp³-hybridized carbons (Fsp3) is 0.250. The van der Waals surface area contributed by atoms with Crippen LogP contribution in [-0.4, -0.2) is 37.3 Å². The largest absolute Gasteiger partial charge is 0.497 e. The van der Waals surface area contributed by atoms with E-state index in [0.717, 1.165) is 28.4 Å². The number of hydrogen-bond donors (Lipinski definition) is 1. The number of rotatable bonds is 7. The molecule has 162 valence electrons. The highest BCUT2D eigenvalue weighted by atomic mass is 16.6. The zero-order valence-electron chi connectivity index (χ0n) is 18.3. The van der Waals surface area contributed by atoms with E-state index in [1.54, 1.807) is 25.3 Å². The molecule has 1 amide bonds. The van der Waals surface area contributed by atoms with E-state index >= 15 is 0 Å². The summed E-state index contributed by atoms with van der Waals surface area (Å²) in [6.45, 7) is 5.58. The molecule has 3 aromatic rings. The number of anilines is 1. The van der Waals surface area contributed by atoms with Crippen molar-refractivity contribution in [3.63, 3.8) is 0 Å². The predicted octanol–water partition coefficient (Wildman–Crippen LogP) is 4.22. The minimum atomic E-state index is -0.456. The number of hydrogen-bond acceptors (Lipinski definition) is 5. The lowest BCUT2D eigenvalue weighted by Crippen LogP contribution is -2.14. The summed E-state index contributed by atoms with van der Waals surface area (Å²) in [6.07, 6.45) is 0. The van der Waals surface area contributed by atoms with Crippen LogP contribution in [-0.2, 0) is 9.53 Å². The van der Waals surface area contributed by atoms with Gasteiger partial charge in [-0.1, -0.05) is 0 Å².